The van der Waals surface area contributed by atoms with Gasteiger partial charge in [0.15, 0.2) is 0 Å². The molecule has 0 unspecified atom stereocenters. The molecule has 24 heavy (non-hydrogen) atoms. The van der Waals surface area contributed by atoms with E-state index in [2.05, 4.69) is 15.3 Å². The fraction of sp³-hybridized carbons (Fsp3) is 0.294. The van der Waals surface area contributed by atoms with Crippen molar-refractivity contribution in [2.75, 3.05) is 5.32 Å². The molecule has 0 saturated heterocycles. The van der Waals surface area contributed by atoms with Crippen molar-refractivity contribution in [1.29, 1.82) is 0 Å². The van der Waals surface area contributed by atoms with Gasteiger partial charge in [0.05, 0.1) is 10.3 Å². The number of aromatic nitrogens is 2. The van der Waals surface area contributed by atoms with E-state index in [-0.39, 0.29) is 10.6 Å². The van der Waals surface area contributed by atoms with Crippen LogP contribution in [0.25, 0.3) is 10.2 Å². The van der Waals surface area contributed by atoms with Crippen molar-refractivity contribution >= 4 is 33.1 Å². The Morgan fingerprint density at radius 1 is 1.25 bits per heavy atom. The second-order valence-corrected chi connectivity index (χ2v) is 7.02. The van der Waals surface area contributed by atoms with Gasteiger partial charge in [0.1, 0.15) is 16.5 Å². The number of rotatable bonds is 4. The molecule has 0 saturated carbocycles. The van der Waals surface area contributed by atoms with Gasteiger partial charge < -0.3 is 5.32 Å². The molecule has 0 radical (unpaired) electrons. The lowest BCUT2D eigenvalue weighted by molar-refractivity contribution is -0.384. The number of thiophene rings is 1. The minimum atomic E-state index is -0.386. The first-order valence-corrected chi connectivity index (χ1v) is 8.69. The highest BCUT2D eigenvalue weighted by Gasteiger charge is 2.21. The van der Waals surface area contributed by atoms with Crippen LogP contribution in [0.1, 0.15) is 28.2 Å². The maximum absolute atomic E-state index is 10.7. The molecule has 1 N–H and O–H groups in total. The summed E-state index contributed by atoms with van der Waals surface area (Å²) in [5.74, 6) is 1.63. The molecule has 0 amide bonds. The van der Waals surface area contributed by atoms with Crippen LogP contribution in [0.4, 0.5) is 11.5 Å². The van der Waals surface area contributed by atoms with E-state index in [1.165, 1.54) is 29.0 Å². The van der Waals surface area contributed by atoms with E-state index in [9.17, 15) is 10.1 Å². The summed E-state index contributed by atoms with van der Waals surface area (Å²) in [7, 11) is 0. The van der Waals surface area contributed by atoms with E-state index in [1.54, 1.807) is 23.5 Å². The first-order valence-electron chi connectivity index (χ1n) is 7.88. The summed E-state index contributed by atoms with van der Waals surface area (Å²) in [4.78, 5) is 22.0. The van der Waals surface area contributed by atoms with Crippen LogP contribution in [-0.4, -0.2) is 14.9 Å². The van der Waals surface area contributed by atoms with E-state index < -0.39 is 0 Å². The minimum Gasteiger partial charge on any atom is -0.365 e. The predicted molar refractivity (Wildman–Crippen MR) is 94.6 cm³/mol. The number of hydrogen-bond acceptors (Lipinski definition) is 6. The summed E-state index contributed by atoms with van der Waals surface area (Å²) in [5, 5.41) is 15.3. The van der Waals surface area contributed by atoms with E-state index >= 15 is 0 Å². The molecule has 1 aliphatic rings. The number of anilines is 1. The zero-order valence-corrected chi connectivity index (χ0v) is 14.0. The average Bonchev–Trinajstić information content (AvgIpc) is 3.13. The quantitative estimate of drug-likeness (QED) is 0.573. The lowest BCUT2D eigenvalue weighted by atomic mass is 10.1. The van der Waals surface area contributed by atoms with Crippen LogP contribution in [0.5, 0.6) is 0 Å². The third-order valence-electron chi connectivity index (χ3n) is 4.28. The van der Waals surface area contributed by atoms with Gasteiger partial charge in [-0.2, -0.15) is 0 Å². The lowest BCUT2D eigenvalue weighted by Crippen LogP contribution is -2.04. The second kappa shape index (κ2) is 5.83. The third kappa shape index (κ3) is 2.60. The fourth-order valence-electron chi connectivity index (χ4n) is 3.15. The van der Waals surface area contributed by atoms with E-state index in [0.29, 0.717) is 6.54 Å². The average molecular weight is 340 g/mol. The number of hydrogen-bond donors (Lipinski definition) is 1. The van der Waals surface area contributed by atoms with Crippen molar-refractivity contribution in [2.45, 2.75) is 32.7 Å². The number of nitro groups is 1. The van der Waals surface area contributed by atoms with Crippen molar-refractivity contribution in [2.24, 2.45) is 0 Å². The number of nitro benzene ring substituents is 1. The summed E-state index contributed by atoms with van der Waals surface area (Å²) in [6.45, 7) is 2.48. The summed E-state index contributed by atoms with van der Waals surface area (Å²) in [5.41, 5.74) is 2.48. The van der Waals surface area contributed by atoms with E-state index in [0.717, 1.165) is 40.3 Å². The van der Waals surface area contributed by atoms with Gasteiger partial charge in [0.25, 0.3) is 5.69 Å². The van der Waals surface area contributed by atoms with E-state index in [4.69, 9.17) is 0 Å². The van der Waals surface area contributed by atoms with Gasteiger partial charge in [0, 0.05) is 23.6 Å². The molecular weight excluding hydrogens is 324 g/mol. The molecule has 0 spiro atoms. The first kappa shape index (κ1) is 15.0. The smallest absolute Gasteiger partial charge is 0.269 e. The summed E-state index contributed by atoms with van der Waals surface area (Å²) in [6.07, 6.45) is 3.43. The Kier molecular flexibility index (Phi) is 3.65. The Hall–Kier alpha value is -2.54. The SMILES string of the molecule is Cc1nc(NCc2ccc([N+](=O)[O-])cc2)c2c3c(sc2n1)CCC3. The van der Waals surface area contributed by atoms with Crippen molar-refractivity contribution in [3.05, 3.63) is 56.2 Å². The Morgan fingerprint density at radius 3 is 2.79 bits per heavy atom. The molecule has 4 rings (SSSR count). The maximum Gasteiger partial charge on any atom is 0.269 e. The standard InChI is InChI=1S/C17H16N4O2S/c1-10-19-16(15-13-3-2-4-14(13)24-17(15)20-10)18-9-11-5-7-12(8-6-11)21(22)23/h5-8H,2-4,9H2,1H3,(H,18,19,20). The number of non-ortho nitro benzene ring substituents is 1. The highest BCUT2D eigenvalue weighted by atomic mass is 32.1. The summed E-state index contributed by atoms with van der Waals surface area (Å²) < 4.78 is 0. The molecule has 0 fully saturated rings. The van der Waals surface area contributed by atoms with Crippen LogP contribution in [0, 0.1) is 17.0 Å². The van der Waals surface area contributed by atoms with Crippen LogP contribution in [0.3, 0.4) is 0 Å². The zero-order chi connectivity index (χ0) is 16.7. The normalized spacial score (nSPS) is 13.2. The van der Waals surface area contributed by atoms with Gasteiger partial charge in [-0.05, 0) is 37.3 Å². The zero-order valence-electron chi connectivity index (χ0n) is 13.2. The van der Waals surface area contributed by atoms with Crippen LogP contribution < -0.4 is 5.32 Å². The molecule has 3 aromatic rings. The number of benzene rings is 1. The van der Waals surface area contributed by atoms with Crippen molar-refractivity contribution in [3.8, 4) is 0 Å². The van der Waals surface area contributed by atoms with Crippen molar-refractivity contribution < 1.29 is 4.92 Å². The monoisotopic (exact) mass is 340 g/mol. The topological polar surface area (TPSA) is 81.0 Å². The van der Waals surface area contributed by atoms with Crippen molar-refractivity contribution in [3.63, 3.8) is 0 Å². The van der Waals surface area contributed by atoms with Gasteiger partial charge in [-0.25, -0.2) is 9.97 Å². The molecule has 2 heterocycles. The van der Waals surface area contributed by atoms with Crippen LogP contribution in [0.2, 0.25) is 0 Å². The Labute approximate surface area is 142 Å². The van der Waals surface area contributed by atoms with Crippen LogP contribution in [0.15, 0.2) is 24.3 Å². The minimum absolute atomic E-state index is 0.106. The Bertz CT molecular complexity index is 934. The molecule has 6 nitrogen and oxygen atoms in total. The van der Waals surface area contributed by atoms with Gasteiger partial charge in [-0.1, -0.05) is 12.1 Å². The summed E-state index contributed by atoms with van der Waals surface area (Å²) in [6, 6.07) is 6.60. The van der Waals surface area contributed by atoms with Gasteiger partial charge >= 0.3 is 0 Å². The molecule has 0 bridgehead atoms. The number of nitrogens with one attached hydrogen (secondary N) is 1. The predicted octanol–water partition coefficient (Wildman–Crippen LogP) is 4.01. The number of aryl methyl sites for hydroxylation is 3. The molecule has 7 heteroatoms. The Balaban J connectivity index is 1.63. The number of fused-ring (bicyclic) bond motifs is 3. The van der Waals surface area contributed by atoms with Crippen molar-refractivity contribution in [1.82, 2.24) is 9.97 Å². The molecule has 0 atom stereocenters. The first-order chi connectivity index (χ1) is 11.6. The van der Waals surface area contributed by atoms with Gasteiger partial charge in [-0.3, -0.25) is 10.1 Å². The largest absolute Gasteiger partial charge is 0.365 e. The van der Waals surface area contributed by atoms with Gasteiger partial charge in [-0.15, -0.1) is 11.3 Å². The van der Waals surface area contributed by atoms with Gasteiger partial charge in [0.2, 0.25) is 0 Å². The summed E-state index contributed by atoms with van der Waals surface area (Å²) >= 11 is 1.78. The molecule has 2 aromatic heterocycles. The molecule has 0 aliphatic heterocycles. The van der Waals surface area contributed by atoms with Crippen LogP contribution in [-0.2, 0) is 19.4 Å². The second-order valence-electron chi connectivity index (χ2n) is 5.93. The fourth-order valence-corrected chi connectivity index (χ4v) is 4.46. The molecule has 1 aliphatic carbocycles. The highest BCUT2D eigenvalue weighted by Crippen LogP contribution is 2.39. The molecular formula is C17H16N4O2S. The van der Waals surface area contributed by atoms with E-state index in [1.807, 2.05) is 6.92 Å². The molecule has 1 aromatic carbocycles. The Morgan fingerprint density at radius 2 is 2.04 bits per heavy atom. The highest BCUT2D eigenvalue weighted by molar-refractivity contribution is 7.19. The molecule has 122 valence electrons. The third-order valence-corrected chi connectivity index (χ3v) is 5.47. The lowest BCUT2D eigenvalue weighted by Gasteiger charge is -2.09. The number of nitrogens with zero attached hydrogens (tertiary/aromatic N) is 3. The van der Waals surface area contributed by atoms with Crippen LogP contribution >= 0.6 is 11.3 Å². The maximum atomic E-state index is 10.7.